The van der Waals surface area contributed by atoms with Gasteiger partial charge in [-0.05, 0) is 44.4 Å². The number of rotatable bonds is 6. The highest BCUT2D eigenvalue weighted by atomic mass is 32.2. The van der Waals surface area contributed by atoms with Crippen LogP contribution in [-0.2, 0) is 26.1 Å². The van der Waals surface area contributed by atoms with Crippen LogP contribution in [0.4, 0.5) is 0 Å². The second-order valence-electron chi connectivity index (χ2n) is 7.54. The molecule has 0 atom stereocenters. The maximum Gasteiger partial charge on any atom is 0.243 e. The molecule has 0 unspecified atom stereocenters. The van der Waals surface area contributed by atoms with E-state index in [1.807, 2.05) is 22.5 Å². The van der Waals surface area contributed by atoms with Crippen molar-refractivity contribution in [3.05, 3.63) is 18.2 Å². The van der Waals surface area contributed by atoms with E-state index < -0.39 is 10.0 Å². The summed E-state index contributed by atoms with van der Waals surface area (Å²) in [7, 11) is -3.57. The molecule has 3 heterocycles. The Hall–Kier alpha value is -1.62. The number of imidazole rings is 1. The standard InChI is InChI=1S/C20H28N4O4S2/c1-2-24-18-7-6-16(30(26,27)23-10-12-28-13-11-23)14-17(18)21-20(24)29-15-19(25)22-8-4-3-5-9-22/h6-7,14H,2-5,8-13,15H2,1H3. The number of nitrogens with zero attached hydrogens (tertiary/aromatic N) is 4. The highest BCUT2D eigenvalue weighted by Crippen LogP contribution is 2.28. The molecule has 2 aliphatic heterocycles. The van der Waals surface area contributed by atoms with Crippen molar-refractivity contribution in [3.63, 3.8) is 0 Å². The number of morpholine rings is 1. The average molecular weight is 453 g/mol. The van der Waals surface area contributed by atoms with Crippen LogP contribution in [0.25, 0.3) is 11.0 Å². The van der Waals surface area contributed by atoms with Crippen molar-refractivity contribution in [2.75, 3.05) is 45.1 Å². The number of likely N-dealkylation sites (tertiary alicyclic amines) is 1. The minimum absolute atomic E-state index is 0.144. The number of ether oxygens (including phenoxy) is 1. The van der Waals surface area contributed by atoms with E-state index in [-0.39, 0.29) is 10.8 Å². The van der Waals surface area contributed by atoms with Crippen molar-refractivity contribution in [1.29, 1.82) is 0 Å². The first-order valence-corrected chi connectivity index (χ1v) is 12.9. The van der Waals surface area contributed by atoms with E-state index >= 15 is 0 Å². The molecular weight excluding hydrogens is 424 g/mol. The summed E-state index contributed by atoms with van der Waals surface area (Å²) in [5.74, 6) is 0.493. The van der Waals surface area contributed by atoms with Gasteiger partial charge in [0.15, 0.2) is 5.16 Å². The van der Waals surface area contributed by atoms with E-state index in [2.05, 4.69) is 4.98 Å². The molecule has 0 bridgehead atoms. The van der Waals surface area contributed by atoms with Crippen LogP contribution in [0.2, 0.25) is 0 Å². The first kappa shape index (κ1) is 21.6. The Balaban J connectivity index is 1.55. The first-order valence-electron chi connectivity index (χ1n) is 10.5. The molecule has 0 saturated carbocycles. The lowest BCUT2D eigenvalue weighted by Crippen LogP contribution is -2.40. The fourth-order valence-corrected chi connectivity index (χ4v) is 6.37. The third kappa shape index (κ3) is 4.37. The van der Waals surface area contributed by atoms with Gasteiger partial charge in [-0.3, -0.25) is 4.79 Å². The summed E-state index contributed by atoms with van der Waals surface area (Å²) in [6.45, 7) is 5.96. The van der Waals surface area contributed by atoms with E-state index in [0.29, 0.717) is 44.1 Å². The lowest BCUT2D eigenvalue weighted by atomic mass is 10.1. The monoisotopic (exact) mass is 452 g/mol. The largest absolute Gasteiger partial charge is 0.379 e. The topological polar surface area (TPSA) is 84.7 Å². The fraction of sp³-hybridized carbons (Fsp3) is 0.600. The lowest BCUT2D eigenvalue weighted by Gasteiger charge is -2.26. The Labute approximate surface area is 181 Å². The highest BCUT2D eigenvalue weighted by molar-refractivity contribution is 7.99. The number of hydrogen-bond donors (Lipinski definition) is 0. The molecule has 1 aromatic heterocycles. The summed E-state index contributed by atoms with van der Waals surface area (Å²) in [5.41, 5.74) is 1.52. The molecule has 2 aliphatic rings. The van der Waals surface area contributed by atoms with Gasteiger partial charge >= 0.3 is 0 Å². The van der Waals surface area contributed by atoms with Gasteiger partial charge in [-0.1, -0.05) is 11.8 Å². The Morgan fingerprint density at radius 3 is 2.57 bits per heavy atom. The first-order chi connectivity index (χ1) is 14.5. The van der Waals surface area contributed by atoms with E-state index in [9.17, 15) is 13.2 Å². The third-order valence-corrected chi connectivity index (χ3v) is 8.50. The highest BCUT2D eigenvalue weighted by Gasteiger charge is 2.27. The van der Waals surface area contributed by atoms with Gasteiger partial charge in [-0.15, -0.1) is 0 Å². The molecule has 4 rings (SSSR count). The Morgan fingerprint density at radius 2 is 1.87 bits per heavy atom. The van der Waals surface area contributed by atoms with Crippen molar-refractivity contribution in [2.45, 2.75) is 42.8 Å². The van der Waals surface area contributed by atoms with Gasteiger partial charge in [0.1, 0.15) is 0 Å². The number of thioether (sulfide) groups is 1. The number of carbonyl (C=O) groups excluding carboxylic acids is 1. The predicted octanol–water partition coefficient (Wildman–Crippen LogP) is 2.18. The van der Waals surface area contributed by atoms with Gasteiger partial charge in [-0.2, -0.15) is 4.31 Å². The van der Waals surface area contributed by atoms with Crippen molar-refractivity contribution < 1.29 is 17.9 Å². The molecule has 1 aromatic carbocycles. The molecule has 10 heteroatoms. The zero-order chi connectivity index (χ0) is 21.1. The minimum Gasteiger partial charge on any atom is -0.379 e. The number of carbonyl (C=O) groups is 1. The molecule has 164 valence electrons. The second kappa shape index (κ2) is 9.25. The summed E-state index contributed by atoms with van der Waals surface area (Å²) < 4.78 is 34.7. The van der Waals surface area contributed by atoms with Gasteiger partial charge in [0.25, 0.3) is 0 Å². The van der Waals surface area contributed by atoms with Gasteiger partial charge < -0.3 is 14.2 Å². The minimum atomic E-state index is -3.57. The second-order valence-corrected chi connectivity index (χ2v) is 10.4. The SMILES string of the molecule is CCn1c(SCC(=O)N2CCCCC2)nc2cc(S(=O)(=O)N3CCOCC3)ccc21. The van der Waals surface area contributed by atoms with Gasteiger partial charge in [0, 0.05) is 32.7 Å². The van der Waals surface area contributed by atoms with E-state index in [1.54, 1.807) is 12.1 Å². The zero-order valence-electron chi connectivity index (χ0n) is 17.2. The molecule has 2 aromatic rings. The van der Waals surface area contributed by atoms with Gasteiger partial charge in [0.2, 0.25) is 15.9 Å². The number of aryl methyl sites for hydroxylation is 1. The molecule has 1 amide bonds. The number of hydrogen-bond acceptors (Lipinski definition) is 6. The van der Waals surface area contributed by atoms with Crippen molar-refractivity contribution in [2.24, 2.45) is 0 Å². The number of sulfonamides is 1. The molecular formula is C20H28N4O4S2. The maximum absolute atomic E-state index is 13.0. The smallest absolute Gasteiger partial charge is 0.243 e. The van der Waals surface area contributed by atoms with Crippen molar-refractivity contribution >= 4 is 38.7 Å². The Bertz CT molecular complexity index is 1010. The number of aromatic nitrogens is 2. The number of benzene rings is 1. The summed E-state index contributed by atoms with van der Waals surface area (Å²) >= 11 is 1.42. The zero-order valence-corrected chi connectivity index (χ0v) is 18.9. The van der Waals surface area contributed by atoms with Crippen LogP contribution in [0.3, 0.4) is 0 Å². The molecule has 0 N–H and O–H groups in total. The van der Waals surface area contributed by atoms with E-state index in [1.165, 1.54) is 22.5 Å². The summed E-state index contributed by atoms with van der Waals surface area (Å²) in [4.78, 5) is 19.4. The normalized spacial score (nSPS) is 18.8. The third-order valence-electron chi connectivity index (χ3n) is 5.64. The van der Waals surface area contributed by atoms with E-state index in [4.69, 9.17) is 4.74 Å². The molecule has 0 spiro atoms. The number of fused-ring (bicyclic) bond motifs is 1. The van der Waals surface area contributed by atoms with Gasteiger partial charge in [-0.25, -0.2) is 13.4 Å². The summed E-state index contributed by atoms with van der Waals surface area (Å²) in [5, 5.41) is 0.749. The number of amides is 1. The molecule has 0 aliphatic carbocycles. The predicted molar refractivity (Wildman–Crippen MR) is 116 cm³/mol. The van der Waals surface area contributed by atoms with Crippen LogP contribution in [-0.4, -0.2) is 78.2 Å². The van der Waals surface area contributed by atoms with Crippen LogP contribution in [0.5, 0.6) is 0 Å². The molecule has 30 heavy (non-hydrogen) atoms. The van der Waals surface area contributed by atoms with E-state index in [0.717, 1.165) is 36.6 Å². The van der Waals surface area contributed by atoms with Crippen LogP contribution in [0, 0.1) is 0 Å². The summed E-state index contributed by atoms with van der Waals surface area (Å²) in [6.07, 6.45) is 3.34. The van der Waals surface area contributed by atoms with Crippen molar-refractivity contribution in [3.8, 4) is 0 Å². The van der Waals surface area contributed by atoms with Crippen LogP contribution >= 0.6 is 11.8 Å². The molecule has 2 saturated heterocycles. The molecule has 8 nitrogen and oxygen atoms in total. The van der Waals surface area contributed by atoms with Gasteiger partial charge in [0.05, 0.1) is 34.9 Å². The number of piperidine rings is 1. The van der Waals surface area contributed by atoms with Crippen LogP contribution in [0.1, 0.15) is 26.2 Å². The maximum atomic E-state index is 13.0. The molecule has 0 radical (unpaired) electrons. The van der Waals surface area contributed by atoms with Crippen LogP contribution < -0.4 is 0 Å². The quantitative estimate of drug-likeness (QED) is 0.625. The van der Waals surface area contributed by atoms with Crippen molar-refractivity contribution in [1.82, 2.24) is 18.8 Å². The van der Waals surface area contributed by atoms with Crippen LogP contribution in [0.15, 0.2) is 28.3 Å². The Kier molecular flexibility index (Phi) is 6.66. The Morgan fingerprint density at radius 1 is 1.13 bits per heavy atom. The lowest BCUT2D eigenvalue weighted by molar-refractivity contribution is -0.129. The average Bonchev–Trinajstić information content (AvgIpc) is 3.15. The fourth-order valence-electron chi connectivity index (χ4n) is 3.96. The summed E-state index contributed by atoms with van der Waals surface area (Å²) in [6, 6.07) is 5.10. The molecule has 2 fully saturated rings.